The van der Waals surface area contributed by atoms with Crippen LogP contribution < -0.4 is 5.32 Å². The Kier molecular flexibility index (Phi) is 1.80. The number of nitrogens with one attached hydrogen (secondary N) is 1. The lowest BCUT2D eigenvalue weighted by Gasteiger charge is -2.17. The van der Waals surface area contributed by atoms with Crippen LogP contribution in [0.25, 0.3) is 0 Å². The SMILES string of the molecule is CC(C)C1=CNC2CC=CC=C12. The average molecular weight is 161 g/mol. The van der Waals surface area contributed by atoms with Crippen LogP contribution in [0.4, 0.5) is 0 Å². The van der Waals surface area contributed by atoms with E-state index in [1.54, 1.807) is 0 Å². The molecule has 1 atom stereocenters. The first-order chi connectivity index (χ1) is 5.79. The van der Waals surface area contributed by atoms with E-state index < -0.39 is 0 Å². The van der Waals surface area contributed by atoms with E-state index in [1.165, 1.54) is 11.1 Å². The zero-order valence-electron chi connectivity index (χ0n) is 7.67. The molecule has 0 saturated carbocycles. The van der Waals surface area contributed by atoms with E-state index in [2.05, 4.69) is 43.6 Å². The summed E-state index contributed by atoms with van der Waals surface area (Å²) in [5, 5.41) is 3.41. The zero-order chi connectivity index (χ0) is 8.55. The van der Waals surface area contributed by atoms with E-state index in [9.17, 15) is 0 Å². The Hall–Kier alpha value is -0.980. The minimum Gasteiger partial charge on any atom is -0.384 e. The summed E-state index contributed by atoms with van der Waals surface area (Å²) in [6.45, 7) is 4.49. The Morgan fingerprint density at radius 2 is 2.33 bits per heavy atom. The number of fused-ring (bicyclic) bond motifs is 1. The summed E-state index contributed by atoms with van der Waals surface area (Å²) in [5.41, 5.74) is 2.97. The normalized spacial score (nSPS) is 26.4. The van der Waals surface area contributed by atoms with E-state index in [1.807, 2.05) is 0 Å². The fourth-order valence-electron chi connectivity index (χ4n) is 1.86. The summed E-state index contributed by atoms with van der Waals surface area (Å²) in [7, 11) is 0. The lowest BCUT2D eigenvalue weighted by atomic mass is 9.90. The van der Waals surface area contributed by atoms with Gasteiger partial charge in [0.05, 0.1) is 6.04 Å². The van der Waals surface area contributed by atoms with Crippen molar-refractivity contribution in [3.8, 4) is 0 Å². The Labute approximate surface area is 73.9 Å². The van der Waals surface area contributed by atoms with E-state index >= 15 is 0 Å². The van der Waals surface area contributed by atoms with Crippen molar-refractivity contribution in [1.82, 2.24) is 5.32 Å². The molecule has 0 aromatic rings. The highest BCUT2D eigenvalue weighted by molar-refractivity contribution is 5.45. The lowest BCUT2D eigenvalue weighted by Crippen LogP contribution is -2.21. The highest BCUT2D eigenvalue weighted by atomic mass is 14.9. The Balaban J connectivity index is 2.28. The highest BCUT2D eigenvalue weighted by Crippen LogP contribution is 2.30. The predicted octanol–water partition coefficient (Wildman–Crippen LogP) is 2.38. The van der Waals surface area contributed by atoms with Gasteiger partial charge in [0, 0.05) is 6.20 Å². The van der Waals surface area contributed by atoms with Crippen molar-refractivity contribution >= 4 is 0 Å². The fraction of sp³-hybridized carbons (Fsp3) is 0.455. The molecule has 0 bridgehead atoms. The average Bonchev–Trinajstić information content (AvgIpc) is 2.47. The van der Waals surface area contributed by atoms with Crippen molar-refractivity contribution in [2.45, 2.75) is 26.3 Å². The van der Waals surface area contributed by atoms with E-state index in [0.717, 1.165) is 6.42 Å². The summed E-state index contributed by atoms with van der Waals surface area (Å²) in [6.07, 6.45) is 9.93. The molecule has 1 N–H and O–H groups in total. The topological polar surface area (TPSA) is 12.0 Å². The van der Waals surface area contributed by atoms with Crippen molar-refractivity contribution in [1.29, 1.82) is 0 Å². The molecule has 0 amide bonds. The van der Waals surface area contributed by atoms with Crippen molar-refractivity contribution in [3.05, 3.63) is 35.6 Å². The van der Waals surface area contributed by atoms with Gasteiger partial charge in [-0.1, -0.05) is 32.1 Å². The second-order valence-corrected chi connectivity index (χ2v) is 3.76. The third-order valence-corrected chi connectivity index (χ3v) is 2.55. The quantitative estimate of drug-likeness (QED) is 0.622. The molecule has 0 fully saturated rings. The van der Waals surface area contributed by atoms with Gasteiger partial charge in [-0.05, 0) is 23.5 Å². The summed E-state index contributed by atoms with van der Waals surface area (Å²) in [5.74, 6) is 0.639. The second kappa shape index (κ2) is 2.81. The van der Waals surface area contributed by atoms with E-state index in [-0.39, 0.29) is 0 Å². The van der Waals surface area contributed by atoms with Crippen LogP contribution in [0.1, 0.15) is 20.3 Å². The molecule has 1 aliphatic carbocycles. The smallest absolute Gasteiger partial charge is 0.0546 e. The lowest BCUT2D eigenvalue weighted by molar-refractivity contribution is 0.697. The standard InChI is InChI=1S/C11H15N/c1-8(2)10-7-12-11-6-4-3-5-9(10)11/h3-5,7-8,11-12H,6H2,1-2H3. The molecular weight excluding hydrogens is 146 g/mol. The van der Waals surface area contributed by atoms with Crippen LogP contribution in [0.3, 0.4) is 0 Å². The van der Waals surface area contributed by atoms with Gasteiger partial charge in [0.2, 0.25) is 0 Å². The monoisotopic (exact) mass is 161 g/mol. The number of hydrogen-bond donors (Lipinski definition) is 1. The molecule has 0 spiro atoms. The Bertz CT molecular complexity index is 269. The van der Waals surface area contributed by atoms with Gasteiger partial charge in [-0.3, -0.25) is 0 Å². The van der Waals surface area contributed by atoms with Crippen molar-refractivity contribution < 1.29 is 0 Å². The number of rotatable bonds is 1. The number of allylic oxidation sites excluding steroid dienone is 2. The van der Waals surface area contributed by atoms with Gasteiger partial charge in [0.25, 0.3) is 0 Å². The second-order valence-electron chi connectivity index (χ2n) is 3.76. The van der Waals surface area contributed by atoms with Crippen molar-refractivity contribution in [3.63, 3.8) is 0 Å². The maximum atomic E-state index is 3.41. The number of hydrogen-bond acceptors (Lipinski definition) is 1. The van der Waals surface area contributed by atoms with Crippen LogP contribution >= 0.6 is 0 Å². The van der Waals surface area contributed by atoms with Gasteiger partial charge in [0.1, 0.15) is 0 Å². The van der Waals surface area contributed by atoms with Gasteiger partial charge < -0.3 is 5.32 Å². The molecule has 1 unspecified atom stereocenters. The molecule has 1 heteroatoms. The fourth-order valence-corrected chi connectivity index (χ4v) is 1.86. The van der Waals surface area contributed by atoms with Crippen molar-refractivity contribution in [2.75, 3.05) is 0 Å². The molecule has 1 heterocycles. The van der Waals surface area contributed by atoms with Crippen LogP contribution in [-0.2, 0) is 0 Å². The highest BCUT2D eigenvalue weighted by Gasteiger charge is 2.24. The first-order valence-corrected chi connectivity index (χ1v) is 4.62. The molecule has 0 aromatic heterocycles. The molecule has 12 heavy (non-hydrogen) atoms. The van der Waals surface area contributed by atoms with Crippen LogP contribution in [0, 0.1) is 5.92 Å². The first kappa shape index (κ1) is 7.66. The van der Waals surface area contributed by atoms with Gasteiger partial charge in [-0.15, -0.1) is 0 Å². The molecule has 2 aliphatic rings. The molecule has 64 valence electrons. The molecular formula is C11H15N. The molecule has 0 saturated heterocycles. The van der Waals surface area contributed by atoms with Crippen LogP contribution in [0.15, 0.2) is 35.6 Å². The van der Waals surface area contributed by atoms with E-state index in [4.69, 9.17) is 0 Å². The maximum Gasteiger partial charge on any atom is 0.0546 e. The molecule has 1 aliphatic heterocycles. The minimum absolute atomic E-state index is 0.562. The predicted molar refractivity (Wildman–Crippen MR) is 51.7 cm³/mol. The molecule has 0 aromatic carbocycles. The van der Waals surface area contributed by atoms with Gasteiger partial charge >= 0.3 is 0 Å². The third-order valence-electron chi connectivity index (χ3n) is 2.55. The third kappa shape index (κ3) is 1.09. The largest absolute Gasteiger partial charge is 0.384 e. The molecule has 2 rings (SSSR count). The van der Waals surface area contributed by atoms with Crippen molar-refractivity contribution in [2.24, 2.45) is 5.92 Å². The Morgan fingerprint density at radius 1 is 1.50 bits per heavy atom. The zero-order valence-corrected chi connectivity index (χ0v) is 7.67. The van der Waals surface area contributed by atoms with Gasteiger partial charge in [0.15, 0.2) is 0 Å². The Morgan fingerprint density at radius 3 is 3.08 bits per heavy atom. The van der Waals surface area contributed by atoms with Crippen LogP contribution in [-0.4, -0.2) is 6.04 Å². The van der Waals surface area contributed by atoms with Crippen LogP contribution in [0.5, 0.6) is 0 Å². The van der Waals surface area contributed by atoms with Crippen LogP contribution in [0.2, 0.25) is 0 Å². The van der Waals surface area contributed by atoms with Gasteiger partial charge in [-0.25, -0.2) is 0 Å². The minimum atomic E-state index is 0.562. The molecule has 1 nitrogen and oxygen atoms in total. The summed E-state index contributed by atoms with van der Waals surface area (Å²) in [4.78, 5) is 0. The van der Waals surface area contributed by atoms with E-state index in [0.29, 0.717) is 12.0 Å². The summed E-state index contributed by atoms with van der Waals surface area (Å²) >= 11 is 0. The first-order valence-electron chi connectivity index (χ1n) is 4.62. The maximum absolute atomic E-state index is 3.41. The summed E-state index contributed by atoms with van der Waals surface area (Å²) in [6, 6.07) is 0.562. The molecule has 0 radical (unpaired) electrons. The summed E-state index contributed by atoms with van der Waals surface area (Å²) < 4.78 is 0. The van der Waals surface area contributed by atoms with Gasteiger partial charge in [-0.2, -0.15) is 0 Å².